The maximum atomic E-state index is 12.3. The minimum absolute atomic E-state index is 0.0624. The molecule has 0 bridgehead atoms. The van der Waals surface area contributed by atoms with Crippen LogP contribution in [0.2, 0.25) is 0 Å². The fourth-order valence-electron chi connectivity index (χ4n) is 2.90. The van der Waals surface area contributed by atoms with Gasteiger partial charge in [0.2, 0.25) is 0 Å². The largest absolute Gasteiger partial charge is 0.387 e. The molecule has 0 saturated heterocycles. The number of pyridine rings is 2. The Bertz CT molecular complexity index is 852. The number of aryl methyl sites for hydroxylation is 1. The highest BCUT2D eigenvalue weighted by Crippen LogP contribution is 2.23. The van der Waals surface area contributed by atoms with E-state index < -0.39 is 12.5 Å². The van der Waals surface area contributed by atoms with Crippen LogP contribution in [0, 0.1) is 6.92 Å². The van der Waals surface area contributed by atoms with Crippen LogP contribution in [0.4, 0.5) is 8.78 Å². The number of aliphatic imine (C=N–C) groups is 1. The summed E-state index contributed by atoms with van der Waals surface area (Å²) >= 11 is 0. The van der Waals surface area contributed by atoms with Gasteiger partial charge in [-0.05, 0) is 37.1 Å². The zero-order valence-corrected chi connectivity index (χ0v) is 14.3. The van der Waals surface area contributed by atoms with Crippen molar-refractivity contribution < 1.29 is 18.7 Å². The molecule has 3 rings (SSSR count). The molecule has 0 spiro atoms. The lowest BCUT2D eigenvalue weighted by atomic mass is 10.0. The van der Waals surface area contributed by atoms with E-state index in [1.54, 1.807) is 12.4 Å². The number of aliphatic hydroxyl groups is 1. The van der Waals surface area contributed by atoms with Gasteiger partial charge in [0.15, 0.2) is 0 Å². The molecule has 0 aromatic carbocycles. The second-order valence-corrected chi connectivity index (χ2v) is 6.34. The summed E-state index contributed by atoms with van der Waals surface area (Å²) in [6, 6.07) is 5.69. The Morgan fingerprint density at radius 3 is 2.85 bits per heavy atom. The number of halogens is 2. The van der Waals surface area contributed by atoms with Crippen LogP contribution in [0.3, 0.4) is 0 Å². The molecule has 1 unspecified atom stereocenters. The van der Waals surface area contributed by atoms with Gasteiger partial charge in [-0.3, -0.25) is 19.8 Å². The smallest absolute Gasteiger partial charge is 0.264 e. The van der Waals surface area contributed by atoms with Crippen molar-refractivity contribution in [3.05, 3.63) is 58.7 Å². The van der Waals surface area contributed by atoms with E-state index in [1.165, 1.54) is 0 Å². The lowest BCUT2D eigenvalue weighted by molar-refractivity contribution is -0.119. The molecule has 0 aliphatic carbocycles. The van der Waals surface area contributed by atoms with E-state index in [9.17, 15) is 13.6 Å². The Kier molecular flexibility index (Phi) is 5.46. The molecule has 1 aliphatic heterocycles. The molecular formula is C19H19F2N3O2. The Balaban J connectivity index is 1.67. The highest BCUT2D eigenvalue weighted by atomic mass is 19.3. The first-order valence-electron chi connectivity index (χ1n) is 8.37. The molecule has 1 atom stereocenters. The van der Waals surface area contributed by atoms with Crippen molar-refractivity contribution in [2.24, 2.45) is 4.99 Å². The number of Topliss-reactive ketones (excluding diaryl/α,β-unsaturated/α-hetero) is 1. The summed E-state index contributed by atoms with van der Waals surface area (Å²) in [6.07, 6.45) is -1.42. The van der Waals surface area contributed by atoms with E-state index in [2.05, 4.69) is 15.0 Å². The third-order valence-electron chi connectivity index (χ3n) is 4.27. The van der Waals surface area contributed by atoms with Crippen molar-refractivity contribution in [2.75, 3.05) is 0 Å². The number of aromatic nitrogens is 2. The van der Waals surface area contributed by atoms with Gasteiger partial charge >= 0.3 is 0 Å². The predicted octanol–water partition coefficient (Wildman–Crippen LogP) is 2.65. The number of carbonyl (C=O) groups excluding carboxylic acids is 1. The Morgan fingerprint density at radius 2 is 2.12 bits per heavy atom. The molecule has 7 heteroatoms. The fraction of sp³-hybridized carbons (Fsp3) is 0.368. The van der Waals surface area contributed by atoms with Crippen LogP contribution < -0.4 is 0 Å². The highest BCUT2D eigenvalue weighted by molar-refractivity contribution is 6.15. The number of aliphatic hydroxyl groups excluding tert-OH is 1. The molecule has 136 valence electrons. The third-order valence-corrected chi connectivity index (χ3v) is 4.27. The van der Waals surface area contributed by atoms with Crippen molar-refractivity contribution >= 4 is 11.5 Å². The first kappa shape index (κ1) is 18.3. The van der Waals surface area contributed by atoms with Gasteiger partial charge in [-0.2, -0.15) is 0 Å². The lowest BCUT2D eigenvalue weighted by Crippen LogP contribution is -2.19. The monoisotopic (exact) mass is 359 g/mol. The minimum atomic E-state index is -2.83. The Labute approximate surface area is 149 Å². The number of nitrogens with zero attached hydrogens (tertiary/aromatic N) is 3. The second kappa shape index (κ2) is 7.78. The molecule has 3 heterocycles. The predicted molar refractivity (Wildman–Crippen MR) is 92.5 cm³/mol. The van der Waals surface area contributed by atoms with Gasteiger partial charge in [0.1, 0.15) is 11.9 Å². The number of hydrogen-bond acceptors (Lipinski definition) is 5. The first-order valence-corrected chi connectivity index (χ1v) is 8.37. The van der Waals surface area contributed by atoms with E-state index in [0.717, 1.165) is 28.1 Å². The van der Waals surface area contributed by atoms with Crippen molar-refractivity contribution in [2.45, 2.75) is 45.3 Å². The maximum Gasteiger partial charge on any atom is 0.264 e. The summed E-state index contributed by atoms with van der Waals surface area (Å²) in [5, 5.41) is 9.09. The summed E-state index contributed by atoms with van der Waals surface area (Å²) in [4.78, 5) is 25.0. The van der Waals surface area contributed by atoms with Crippen molar-refractivity contribution in [1.82, 2.24) is 9.97 Å². The van der Waals surface area contributed by atoms with E-state index in [-0.39, 0.29) is 25.0 Å². The Morgan fingerprint density at radius 1 is 1.31 bits per heavy atom. The molecule has 0 fully saturated rings. The van der Waals surface area contributed by atoms with Gasteiger partial charge in [-0.1, -0.05) is 0 Å². The number of hydrogen-bond donors (Lipinski definition) is 1. The zero-order chi connectivity index (χ0) is 18.7. The first-order chi connectivity index (χ1) is 12.4. The van der Waals surface area contributed by atoms with Crippen LogP contribution in [0.5, 0.6) is 0 Å². The van der Waals surface area contributed by atoms with Crippen molar-refractivity contribution in [3.8, 4) is 0 Å². The molecule has 1 aliphatic rings. The summed E-state index contributed by atoms with van der Waals surface area (Å²) in [5.41, 5.74) is 5.24. The van der Waals surface area contributed by atoms with Crippen molar-refractivity contribution in [1.29, 1.82) is 0 Å². The molecular weight excluding hydrogens is 340 g/mol. The van der Waals surface area contributed by atoms with Gasteiger partial charge in [-0.25, -0.2) is 8.78 Å². The third kappa shape index (κ3) is 4.16. The summed E-state index contributed by atoms with van der Waals surface area (Å²) in [5.74, 6) is -0.221. The highest BCUT2D eigenvalue weighted by Gasteiger charge is 2.21. The van der Waals surface area contributed by atoms with Crippen LogP contribution in [0.25, 0.3) is 0 Å². The van der Waals surface area contributed by atoms with E-state index in [1.807, 2.05) is 25.1 Å². The SMILES string of the molecule is Cc1cc(C2=NCc3cc(CC(=O)CCC(O)C(F)F)ncc32)ccn1. The topological polar surface area (TPSA) is 75.4 Å². The fourth-order valence-corrected chi connectivity index (χ4v) is 2.90. The van der Waals surface area contributed by atoms with Crippen molar-refractivity contribution in [3.63, 3.8) is 0 Å². The van der Waals surface area contributed by atoms with Gasteiger partial charge in [0.25, 0.3) is 6.43 Å². The van der Waals surface area contributed by atoms with Gasteiger partial charge in [0, 0.05) is 47.8 Å². The van der Waals surface area contributed by atoms with Crippen LogP contribution >= 0.6 is 0 Å². The second-order valence-electron chi connectivity index (χ2n) is 6.34. The standard InChI is InChI=1S/C19H19F2N3O2/c1-11-6-12(4-5-22-11)18-16-10-23-14(7-13(16)9-24-18)8-15(25)2-3-17(26)19(20)21/h4-7,10,17,19,26H,2-3,8-9H2,1H3. The van der Waals surface area contributed by atoms with Gasteiger partial charge in [-0.15, -0.1) is 0 Å². The molecule has 1 N–H and O–H groups in total. The van der Waals surface area contributed by atoms with Gasteiger partial charge < -0.3 is 5.11 Å². The van der Waals surface area contributed by atoms with Crippen LogP contribution in [0.1, 0.15) is 40.9 Å². The van der Waals surface area contributed by atoms with Crippen LogP contribution in [0.15, 0.2) is 35.6 Å². The summed E-state index contributed by atoms with van der Waals surface area (Å²) in [6.45, 7) is 2.43. The molecule has 0 radical (unpaired) electrons. The molecule has 0 amide bonds. The number of rotatable bonds is 7. The number of carbonyl (C=O) groups is 1. The van der Waals surface area contributed by atoms with E-state index in [0.29, 0.717) is 12.2 Å². The maximum absolute atomic E-state index is 12.3. The quantitative estimate of drug-likeness (QED) is 0.825. The zero-order valence-electron chi connectivity index (χ0n) is 14.3. The van der Waals surface area contributed by atoms with Crippen LogP contribution in [-0.4, -0.2) is 39.1 Å². The average molecular weight is 359 g/mol. The average Bonchev–Trinajstić information content (AvgIpc) is 3.02. The molecule has 26 heavy (non-hydrogen) atoms. The summed E-state index contributed by atoms with van der Waals surface area (Å²) in [7, 11) is 0. The molecule has 2 aromatic heterocycles. The molecule has 2 aromatic rings. The Hall–Kier alpha value is -2.54. The summed E-state index contributed by atoms with van der Waals surface area (Å²) < 4.78 is 24.5. The normalized spacial score (nSPS) is 14.3. The lowest BCUT2D eigenvalue weighted by Gasteiger charge is -2.09. The van der Waals surface area contributed by atoms with Crippen LogP contribution in [-0.2, 0) is 17.8 Å². The molecule has 0 saturated carbocycles. The number of fused-ring (bicyclic) bond motifs is 1. The molecule has 5 nitrogen and oxygen atoms in total. The van der Waals surface area contributed by atoms with E-state index >= 15 is 0 Å². The minimum Gasteiger partial charge on any atom is -0.387 e. The number of alkyl halides is 2. The van der Waals surface area contributed by atoms with E-state index in [4.69, 9.17) is 5.11 Å². The van der Waals surface area contributed by atoms with Gasteiger partial charge in [0.05, 0.1) is 12.3 Å². The number of ketones is 1.